The monoisotopic (exact) mass is 193 g/mol. The second kappa shape index (κ2) is 2.81. The SMILES string of the molecule is CC1(Cn2cc(C(C)(C)C)nn2)CC1. The van der Waals surface area contributed by atoms with Gasteiger partial charge in [-0.15, -0.1) is 5.10 Å². The van der Waals surface area contributed by atoms with Crippen molar-refractivity contribution in [3.05, 3.63) is 11.9 Å². The summed E-state index contributed by atoms with van der Waals surface area (Å²) in [5.74, 6) is 0. The number of aromatic nitrogens is 3. The Labute approximate surface area is 85.5 Å². The summed E-state index contributed by atoms with van der Waals surface area (Å²) in [6.07, 6.45) is 4.75. The van der Waals surface area contributed by atoms with E-state index in [9.17, 15) is 0 Å². The summed E-state index contributed by atoms with van der Waals surface area (Å²) in [4.78, 5) is 0. The quantitative estimate of drug-likeness (QED) is 0.722. The molecule has 0 amide bonds. The van der Waals surface area contributed by atoms with Gasteiger partial charge in [-0.2, -0.15) is 0 Å². The van der Waals surface area contributed by atoms with Gasteiger partial charge in [-0.05, 0) is 18.3 Å². The van der Waals surface area contributed by atoms with E-state index in [-0.39, 0.29) is 5.41 Å². The van der Waals surface area contributed by atoms with Crippen LogP contribution in [0.3, 0.4) is 0 Å². The first-order chi connectivity index (χ1) is 6.39. The van der Waals surface area contributed by atoms with Crippen LogP contribution in [0, 0.1) is 5.41 Å². The topological polar surface area (TPSA) is 30.7 Å². The Morgan fingerprint density at radius 1 is 1.43 bits per heavy atom. The fourth-order valence-electron chi connectivity index (χ4n) is 1.48. The third-order valence-corrected chi connectivity index (χ3v) is 2.95. The number of hydrogen-bond donors (Lipinski definition) is 0. The van der Waals surface area contributed by atoms with E-state index in [0.717, 1.165) is 12.2 Å². The molecule has 0 spiro atoms. The highest BCUT2D eigenvalue weighted by Gasteiger charge is 2.38. The van der Waals surface area contributed by atoms with Gasteiger partial charge >= 0.3 is 0 Å². The predicted octanol–water partition coefficient (Wildman–Crippen LogP) is 2.38. The van der Waals surface area contributed by atoms with E-state index in [1.807, 2.05) is 4.68 Å². The van der Waals surface area contributed by atoms with Crippen LogP contribution in [0.15, 0.2) is 6.20 Å². The van der Waals surface area contributed by atoms with E-state index in [1.54, 1.807) is 0 Å². The first-order valence-electron chi connectivity index (χ1n) is 5.30. The van der Waals surface area contributed by atoms with E-state index < -0.39 is 0 Å². The Morgan fingerprint density at radius 2 is 2.07 bits per heavy atom. The van der Waals surface area contributed by atoms with Crippen molar-refractivity contribution in [2.24, 2.45) is 5.41 Å². The van der Waals surface area contributed by atoms with Gasteiger partial charge in [-0.1, -0.05) is 32.9 Å². The molecule has 0 atom stereocenters. The van der Waals surface area contributed by atoms with Gasteiger partial charge in [-0.3, -0.25) is 4.68 Å². The molecule has 1 aromatic heterocycles. The molecule has 1 fully saturated rings. The number of nitrogens with zero attached hydrogens (tertiary/aromatic N) is 3. The molecule has 1 heterocycles. The Kier molecular flexibility index (Phi) is 1.95. The van der Waals surface area contributed by atoms with Gasteiger partial charge in [0.2, 0.25) is 0 Å². The maximum atomic E-state index is 4.21. The zero-order valence-corrected chi connectivity index (χ0v) is 9.54. The van der Waals surface area contributed by atoms with Gasteiger partial charge in [0, 0.05) is 18.2 Å². The summed E-state index contributed by atoms with van der Waals surface area (Å²) in [7, 11) is 0. The van der Waals surface area contributed by atoms with Crippen molar-refractivity contribution in [1.29, 1.82) is 0 Å². The first-order valence-corrected chi connectivity index (χ1v) is 5.30. The van der Waals surface area contributed by atoms with E-state index in [0.29, 0.717) is 5.41 Å². The van der Waals surface area contributed by atoms with Crippen molar-refractivity contribution in [3.8, 4) is 0 Å². The normalized spacial score (nSPS) is 19.7. The van der Waals surface area contributed by atoms with Gasteiger partial charge in [0.05, 0.1) is 5.69 Å². The van der Waals surface area contributed by atoms with Crippen LogP contribution in [-0.2, 0) is 12.0 Å². The molecule has 2 rings (SSSR count). The summed E-state index contributed by atoms with van der Waals surface area (Å²) in [5.41, 5.74) is 1.70. The highest BCUT2D eigenvalue weighted by Crippen LogP contribution is 2.46. The molecule has 0 N–H and O–H groups in total. The molecule has 1 aliphatic rings. The predicted molar refractivity (Wildman–Crippen MR) is 56.1 cm³/mol. The van der Waals surface area contributed by atoms with Gasteiger partial charge in [0.15, 0.2) is 0 Å². The van der Waals surface area contributed by atoms with Crippen molar-refractivity contribution in [2.45, 2.75) is 52.5 Å². The summed E-state index contributed by atoms with van der Waals surface area (Å²) in [6.45, 7) is 9.84. The fourth-order valence-corrected chi connectivity index (χ4v) is 1.48. The second-order valence-electron chi connectivity index (χ2n) is 5.86. The molecular weight excluding hydrogens is 174 g/mol. The summed E-state index contributed by atoms with van der Waals surface area (Å²) >= 11 is 0. The molecule has 1 saturated carbocycles. The van der Waals surface area contributed by atoms with E-state index >= 15 is 0 Å². The van der Waals surface area contributed by atoms with E-state index in [1.165, 1.54) is 12.8 Å². The minimum Gasteiger partial charge on any atom is -0.252 e. The molecule has 0 aliphatic heterocycles. The third kappa shape index (κ3) is 1.97. The van der Waals surface area contributed by atoms with Crippen LogP contribution in [0.25, 0.3) is 0 Å². The molecule has 1 aliphatic carbocycles. The van der Waals surface area contributed by atoms with Crippen LogP contribution < -0.4 is 0 Å². The molecule has 0 radical (unpaired) electrons. The fraction of sp³-hybridized carbons (Fsp3) is 0.818. The maximum Gasteiger partial charge on any atom is 0.0880 e. The molecule has 0 unspecified atom stereocenters. The summed E-state index contributed by atoms with van der Waals surface area (Å²) < 4.78 is 1.99. The molecule has 3 heteroatoms. The zero-order valence-electron chi connectivity index (χ0n) is 9.54. The average molecular weight is 193 g/mol. The average Bonchev–Trinajstić information content (AvgIpc) is 2.61. The van der Waals surface area contributed by atoms with E-state index in [2.05, 4.69) is 44.2 Å². The van der Waals surface area contributed by atoms with Gasteiger partial charge < -0.3 is 0 Å². The standard InChI is InChI=1S/C11H19N3/c1-10(2,3)9-7-14(13-12-9)8-11(4)5-6-11/h7H,5-6,8H2,1-4H3. The largest absolute Gasteiger partial charge is 0.252 e. The lowest BCUT2D eigenvalue weighted by Crippen LogP contribution is -2.12. The Balaban J connectivity index is 2.10. The highest BCUT2D eigenvalue weighted by atomic mass is 15.4. The minimum absolute atomic E-state index is 0.114. The van der Waals surface area contributed by atoms with Crippen LogP contribution in [0.5, 0.6) is 0 Å². The van der Waals surface area contributed by atoms with E-state index in [4.69, 9.17) is 0 Å². The summed E-state index contributed by atoms with van der Waals surface area (Å²) in [5, 5.41) is 8.39. The molecular formula is C11H19N3. The first kappa shape index (κ1) is 9.69. The van der Waals surface area contributed by atoms with Crippen LogP contribution in [-0.4, -0.2) is 15.0 Å². The molecule has 3 nitrogen and oxygen atoms in total. The lowest BCUT2D eigenvalue weighted by atomic mass is 9.93. The molecule has 0 bridgehead atoms. The smallest absolute Gasteiger partial charge is 0.0880 e. The minimum atomic E-state index is 0.114. The van der Waals surface area contributed by atoms with Crippen LogP contribution in [0.1, 0.15) is 46.2 Å². The number of hydrogen-bond acceptors (Lipinski definition) is 2. The Morgan fingerprint density at radius 3 is 2.50 bits per heavy atom. The Hall–Kier alpha value is -0.860. The second-order valence-corrected chi connectivity index (χ2v) is 5.86. The van der Waals surface area contributed by atoms with Gasteiger partial charge in [0.25, 0.3) is 0 Å². The lowest BCUT2D eigenvalue weighted by Gasteiger charge is -2.13. The molecule has 14 heavy (non-hydrogen) atoms. The van der Waals surface area contributed by atoms with Crippen molar-refractivity contribution < 1.29 is 0 Å². The highest BCUT2D eigenvalue weighted by molar-refractivity contribution is 5.06. The Bertz CT molecular complexity index is 329. The van der Waals surface area contributed by atoms with Crippen molar-refractivity contribution >= 4 is 0 Å². The zero-order chi connectivity index (χ0) is 10.4. The summed E-state index contributed by atoms with van der Waals surface area (Å²) in [6, 6.07) is 0. The molecule has 78 valence electrons. The van der Waals surface area contributed by atoms with Gasteiger partial charge in [-0.25, -0.2) is 0 Å². The van der Waals surface area contributed by atoms with Crippen LogP contribution in [0.4, 0.5) is 0 Å². The van der Waals surface area contributed by atoms with Crippen LogP contribution >= 0.6 is 0 Å². The van der Waals surface area contributed by atoms with Crippen molar-refractivity contribution in [3.63, 3.8) is 0 Å². The molecule has 0 aromatic carbocycles. The number of rotatable bonds is 2. The molecule has 1 aromatic rings. The van der Waals surface area contributed by atoms with Crippen LogP contribution in [0.2, 0.25) is 0 Å². The van der Waals surface area contributed by atoms with Crippen molar-refractivity contribution in [2.75, 3.05) is 0 Å². The van der Waals surface area contributed by atoms with Gasteiger partial charge in [0.1, 0.15) is 0 Å². The van der Waals surface area contributed by atoms with Crippen molar-refractivity contribution in [1.82, 2.24) is 15.0 Å². The lowest BCUT2D eigenvalue weighted by molar-refractivity contribution is 0.424. The molecule has 0 saturated heterocycles. The maximum absolute atomic E-state index is 4.21. The third-order valence-electron chi connectivity index (χ3n) is 2.95.